The fraction of sp³-hybridized carbons (Fsp3) is 0.417. The third-order valence-corrected chi connectivity index (χ3v) is 1.94. The molecule has 0 unspecified atom stereocenters. The highest BCUT2D eigenvalue weighted by molar-refractivity contribution is 5.22. The second kappa shape index (κ2) is 6.88. The molecule has 0 amide bonds. The third-order valence-electron chi connectivity index (χ3n) is 1.94. The first-order valence-corrected chi connectivity index (χ1v) is 5.40. The van der Waals surface area contributed by atoms with E-state index in [1.165, 1.54) is 18.3 Å². The van der Waals surface area contributed by atoms with Gasteiger partial charge in [-0.15, -0.1) is 6.58 Å². The van der Waals surface area contributed by atoms with Gasteiger partial charge in [0, 0.05) is 6.07 Å². The zero-order valence-corrected chi connectivity index (χ0v) is 9.74. The molecule has 1 aromatic rings. The van der Waals surface area contributed by atoms with Crippen LogP contribution in [0.3, 0.4) is 0 Å². The van der Waals surface area contributed by atoms with Crippen LogP contribution < -0.4 is 9.47 Å². The Balaban J connectivity index is 2.45. The Kier molecular flexibility index (Phi) is 5.48. The van der Waals surface area contributed by atoms with Crippen molar-refractivity contribution in [3.63, 3.8) is 0 Å². The number of allylic oxidation sites excluding steroid dienone is 1. The van der Waals surface area contributed by atoms with Gasteiger partial charge in [-0.3, -0.25) is 0 Å². The maximum Gasteiger partial charge on any atom is 0.428 e. The van der Waals surface area contributed by atoms with Gasteiger partial charge in [-0.25, -0.2) is 9.37 Å². The summed E-state index contributed by atoms with van der Waals surface area (Å²) in [5, 5.41) is 0. The number of ether oxygens (including phenoxy) is 2. The topological polar surface area (TPSA) is 31.4 Å². The van der Waals surface area contributed by atoms with Gasteiger partial charge in [0.15, 0.2) is 6.67 Å². The minimum atomic E-state index is -3.85. The van der Waals surface area contributed by atoms with Crippen LogP contribution in [0.2, 0.25) is 0 Å². The molecule has 0 aliphatic heterocycles. The van der Waals surface area contributed by atoms with Gasteiger partial charge in [-0.2, -0.15) is 8.78 Å². The first-order chi connectivity index (χ1) is 8.57. The summed E-state index contributed by atoms with van der Waals surface area (Å²) in [5.41, 5.74) is 0. The molecule has 0 N–H and O–H groups in total. The molecular formula is C12H14F3NO2. The summed E-state index contributed by atoms with van der Waals surface area (Å²) in [6, 6.07) is 2.64. The van der Waals surface area contributed by atoms with E-state index in [9.17, 15) is 13.2 Å². The monoisotopic (exact) mass is 261 g/mol. The van der Waals surface area contributed by atoms with Crippen molar-refractivity contribution in [2.75, 3.05) is 13.3 Å². The van der Waals surface area contributed by atoms with E-state index in [0.29, 0.717) is 12.4 Å². The van der Waals surface area contributed by atoms with E-state index in [1.807, 2.05) is 0 Å². The quantitative estimate of drug-likeness (QED) is 0.531. The van der Waals surface area contributed by atoms with Crippen LogP contribution >= 0.6 is 0 Å². The van der Waals surface area contributed by atoms with Crippen molar-refractivity contribution >= 4 is 0 Å². The SMILES string of the molecule is C=CCCCOc1ccc(OC(F)(F)CF)nc1. The van der Waals surface area contributed by atoms with E-state index in [-0.39, 0.29) is 5.88 Å². The molecule has 1 aromatic heterocycles. The summed E-state index contributed by atoms with van der Waals surface area (Å²) in [4.78, 5) is 3.60. The molecule has 0 saturated heterocycles. The molecule has 1 rings (SSSR count). The molecule has 0 aromatic carbocycles. The minimum Gasteiger partial charge on any atom is -0.492 e. The molecule has 0 radical (unpaired) electrons. The smallest absolute Gasteiger partial charge is 0.428 e. The van der Waals surface area contributed by atoms with Crippen LogP contribution in [0, 0.1) is 0 Å². The van der Waals surface area contributed by atoms with Crippen molar-refractivity contribution in [3.05, 3.63) is 31.0 Å². The van der Waals surface area contributed by atoms with Crippen LogP contribution in [0.1, 0.15) is 12.8 Å². The van der Waals surface area contributed by atoms with Gasteiger partial charge >= 0.3 is 6.11 Å². The molecule has 0 saturated carbocycles. The van der Waals surface area contributed by atoms with Crippen LogP contribution in [0.25, 0.3) is 0 Å². The zero-order chi connectivity index (χ0) is 13.4. The molecule has 0 atom stereocenters. The number of hydrogen-bond donors (Lipinski definition) is 0. The average Bonchev–Trinajstić information content (AvgIpc) is 2.36. The van der Waals surface area contributed by atoms with E-state index < -0.39 is 12.8 Å². The Morgan fingerprint density at radius 1 is 1.39 bits per heavy atom. The van der Waals surface area contributed by atoms with E-state index in [2.05, 4.69) is 16.3 Å². The molecule has 18 heavy (non-hydrogen) atoms. The molecule has 0 aliphatic carbocycles. The lowest BCUT2D eigenvalue weighted by atomic mass is 10.3. The number of halogens is 3. The number of unbranched alkanes of at least 4 members (excludes halogenated alkanes) is 1. The van der Waals surface area contributed by atoms with Crippen molar-refractivity contribution in [2.45, 2.75) is 19.0 Å². The van der Waals surface area contributed by atoms with Crippen LogP contribution in [0.5, 0.6) is 11.6 Å². The number of nitrogens with zero attached hydrogens (tertiary/aromatic N) is 1. The van der Waals surface area contributed by atoms with Gasteiger partial charge < -0.3 is 9.47 Å². The highest BCUT2D eigenvalue weighted by Gasteiger charge is 2.32. The first-order valence-electron chi connectivity index (χ1n) is 5.40. The van der Waals surface area contributed by atoms with Gasteiger partial charge in [-0.1, -0.05) is 6.08 Å². The summed E-state index contributed by atoms with van der Waals surface area (Å²) in [6.07, 6.45) is 0.813. The molecule has 0 aliphatic rings. The molecule has 6 heteroatoms. The Morgan fingerprint density at radius 2 is 2.17 bits per heavy atom. The van der Waals surface area contributed by atoms with Crippen LogP contribution in [0.15, 0.2) is 31.0 Å². The van der Waals surface area contributed by atoms with Crippen LogP contribution in [-0.2, 0) is 0 Å². The molecule has 100 valence electrons. The minimum absolute atomic E-state index is 0.351. The molecule has 0 spiro atoms. The Morgan fingerprint density at radius 3 is 2.72 bits per heavy atom. The third kappa shape index (κ3) is 5.07. The highest BCUT2D eigenvalue weighted by Crippen LogP contribution is 2.21. The summed E-state index contributed by atoms with van der Waals surface area (Å²) in [5.74, 6) is 0.0890. The lowest BCUT2D eigenvalue weighted by Crippen LogP contribution is -2.27. The van der Waals surface area contributed by atoms with Gasteiger partial charge in [0.25, 0.3) is 0 Å². The molecule has 0 bridgehead atoms. The van der Waals surface area contributed by atoms with Crippen molar-refractivity contribution < 1.29 is 22.6 Å². The Hall–Kier alpha value is -1.72. The first kappa shape index (κ1) is 14.3. The Labute approximate surface area is 103 Å². The van der Waals surface area contributed by atoms with Gasteiger partial charge in [-0.05, 0) is 18.9 Å². The van der Waals surface area contributed by atoms with E-state index in [1.54, 1.807) is 6.08 Å². The van der Waals surface area contributed by atoms with Gasteiger partial charge in [0.1, 0.15) is 5.75 Å². The van der Waals surface area contributed by atoms with Crippen molar-refractivity contribution in [1.29, 1.82) is 0 Å². The maximum absolute atomic E-state index is 12.5. The lowest BCUT2D eigenvalue weighted by Gasteiger charge is -2.13. The molecular weight excluding hydrogens is 247 g/mol. The molecule has 1 heterocycles. The van der Waals surface area contributed by atoms with E-state index in [0.717, 1.165) is 12.8 Å². The number of pyridine rings is 1. The second-order valence-electron chi connectivity index (χ2n) is 3.48. The molecule has 0 fully saturated rings. The fourth-order valence-corrected chi connectivity index (χ4v) is 1.11. The van der Waals surface area contributed by atoms with Crippen molar-refractivity contribution in [1.82, 2.24) is 4.98 Å². The number of alkyl halides is 3. The van der Waals surface area contributed by atoms with Crippen LogP contribution in [0.4, 0.5) is 13.2 Å². The maximum atomic E-state index is 12.5. The number of aromatic nitrogens is 1. The standard InChI is InChI=1S/C12H14F3NO2/c1-2-3-4-7-17-10-5-6-11(16-8-10)18-12(14,15)9-13/h2,5-6,8H,1,3-4,7,9H2. The largest absolute Gasteiger partial charge is 0.492 e. The van der Waals surface area contributed by atoms with E-state index in [4.69, 9.17) is 4.74 Å². The highest BCUT2D eigenvalue weighted by atomic mass is 19.3. The lowest BCUT2D eigenvalue weighted by molar-refractivity contribution is -0.188. The summed E-state index contributed by atoms with van der Waals surface area (Å²) in [6.45, 7) is 2.16. The fourth-order valence-electron chi connectivity index (χ4n) is 1.11. The summed E-state index contributed by atoms with van der Waals surface area (Å²) >= 11 is 0. The van der Waals surface area contributed by atoms with Crippen molar-refractivity contribution in [2.24, 2.45) is 0 Å². The zero-order valence-electron chi connectivity index (χ0n) is 9.74. The number of hydrogen-bond acceptors (Lipinski definition) is 3. The number of rotatable bonds is 8. The second-order valence-corrected chi connectivity index (χ2v) is 3.48. The summed E-state index contributed by atoms with van der Waals surface area (Å²) in [7, 11) is 0. The van der Waals surface area contributed by atoms with Gasteiger partial charge in [0.2, 0.25) is 5.88 Å². The van der Waals surface area contributed by atoms with Crippen molar-refractivity contribution in [3.8, 4) is 11.6 Å². The average molecular weight is 261 g/mol. The normalized spacial score (nSPS) is 11.1. The van der Waals surface area contributed by atoms with Gasteiger partial charge in [0.05, 0.1) is 12.8 Å². The predicted octanol–water partition coefficient (Wildman–Crippen LogP) is 3.37. The Bertz CT molecular complexity index is 368. The molecule has 3 nitrogen and oxygen atoms in total. The van der Waals surface area contributed by atoms with Crippen LogP contribution in [-0.4, -0.2) is 24.4 Å². The predicted molar refractivity (Wildman–Crippen MR) is 60.7 cm³/mol. The van der Waals surface area contributed by atoms with E-state index >= 15 is 0 Å². The summed E-state index contributed by atoms with van der Waals surface area (Å²) < 4.78 is 46.3.